The van der Waals surface area contributed by atoms with E-state index in [4.69, 9.17) is 9.47 Å². The molecular weight excluding hydrogens is 533 g/mol. The number of hydrogen-bond donors (Lipinski definition) is 0. The standard InChI is InChI=1S/C37H45F3O2/c1-3-5-7-8-9-10-11-12-13-29-18-21-32(37(40)36(29)39)28-16-14-27(15-17-28)30-19-22-33(34(38)25-30)35-23-20-31(26-42-35)41-24-6-4-2/h4,6,14-19,21-22,25,31,35H,3,5,7-13,20,23-24,26H2,1-2H3/b6-4+. The summed E-state index contributed by atoms with van der Waals surface area (Å²) < 4.78 is 56.8. The van der Waals surface area contributed by atoms with E-state index in [1.165, 1.54) is 38.2 Å². The lowest BCUT2D eigenvalue weighted by Gasteiger charge is -2.29. The van der Waals surface area contributed by atoms with Crippen molar-refractivity contribution in [3.8, 4) is 22.3 Å². The molecule has 0 bridgehead atoms. The summed E-state index contributed by atoms with van der Waals surface area (Å²) in [6, 6.07) is 15.7. The summed E-state index contributed by atoms with van der Waals surface area (Å²) in [5.41, 5.74) is 3.34. The lowest BCUT2D eigenvalue weighted by molar-refractivity contribution is -0.0816. The topological polar surface area (TPSA) is 18.5 Å². The molecule has 3 aromatic rings. The van der Waals surface area contributed by atoms with Gasteiger partial charge >= 0.3 is 0 Å². The van der Waals surface area contributed by atoms with Gasteiger partial charge < -0.3 is 9.47 Å². The van der Waals surface area contributed by atoms with E-state index in [1.54, 1.807) is 30.3 Å². The molecule has 1 saturated heterocycles. The molecule has 0 saturated carbocycles. The predicted molar refractivity (Wildman–Crippen MR) is 166 cm³/mol. The van der Waals surface area contributed by atoms with Crippen LogP contribution in [0.1, 0.15) is 95.3 Å². The van der Waals surface area contributed by atoms with Gasteiger partial charge in [0.15, 0.2) is 11.6 Å². The van der Waals surface area contributed by atoms with Crippen LogP contribution in [0, 0.1) is 17.5 Å². The van der Waals surface area contributed by atoms with Crippen LogP contribution in [0.4, 0.5) is 13.2 Å². The highest BCUT2D eigenvalue weighted by Gasteiger charge is 2.25. The molecule has 0 N–H and O–H groups in total. The second-order valence-electron chi connectivity index (χ2n) is 11.4. The largest absolute Gasteiger partial charge is 0.372 e. The summed E-state index contributed by atoms with van der Waals surface area (Å²) >= 11 is 0. The minimum atomic E-state index is -0.808. The first-order valence-corrected chi connectivity index (χ1v) is 15.7. The van der Waals surface area contributed by atoms with Crippen molar-refractivity contribution in [3.63, 3.8) is 0 Å². The lowest BCUT2D eigenvalue weighted by atomic mass is 9.95. The summed E-state index contributed by atoms with van der Waals surface area (Å²) in [4.78, 5) is 0. The van der Waals surface area contributed by atoms with Crippen molar-refractivity contribution in [1.82, 2.24) is 0 Å². The van der Waals surface area contributed by atoms with Crippen LogP contribution in [0.15, 0.2) is 66.7 Å². The third-order valence-corrected chi connectivity index (χ3v) is 8.24. The highest BCUT2D eigenvalue weighted by Crippen LogP contribution is 2.34. The van der Waals surface area contributed by atoms with E-state index in [0.717, 1.165) is 36.8 Å². The summed E-state index contributed by atoms with van der Waals surface area (Å²) in [5.74, 6) is -1.87. The number of halogens is 3. The molecule has 3 aromatic carbocycles. The molecule has 2 atom stereocenters. The third-order valence-electron chi connectivity index (χ3n) is 8.24. The number of allylic oxidation sites excluding steroid dienone is 1. The van der Waals surface area contributed by atoms with E-state index in [9.17, 15) is 4.39 Å². The Labute approximate surface area is 250 Å². The van der Waals surface area contributed by atoms with Crippen LogP contribution in [-0.2, 0) is 15.9 Å². The Balaban J connectivity index is 1.33. The Kier molecular flexibility index (Phi) is 12.7. The molecule has 1 heterocycles. The molecular formula is C37H45F3O2. The maximum absolute atomic E-state index is 15.1. The van der Waals surface area contributed by atoms with Gasteiger partial charge in [-0.1, -0.05) is 113 Å². The Bertz CT molecular complexity index is 1280. The molecule has 5 heteroatoms. The second kappa shape index (κ2) is 16.7. The van der Waals surface area contributed by atoms with Gasteiger partial charge in [0, 0.05) is 11.1 Å². The normalized spacial score (nSPS) is 17.3. The van der Waals surface area contributed by atoms with Crippen LogP contribution in [0.5, 0.6) is 0 Å². The lowest BCUT2D eigenvalue weighted by Crippen LogP contribution is -2.28. The zero-order chi connectivity index (χ0) is 29.7. The molecule has 2 nitrogen and oxygen atoms in total. The zero-order valence-corrected chi connectivity index (χ0v) is 25.1. The van der Waals surface area contributed by atoms with Gasteiger partial charge in [-0.15, -0.1) is 0 Å². The van der Waals surface area contributed by atoms with Crippen molar-refractivity contribution in [3.05, 3.63) is 95.3 Å². The zero-order valence-electron chi connectivity index (χ0n) is 25.1. The molecule has 42 heavy (non-hydrogen) atoms. The molecule has 4 rings (SSSR count). The highest BCUT2D eigenvalue weighted by molar-refractivity contribution is 5.71. The SMILES string of the molecule is C/C=C/COC1CCC(c2ccc(-c3ccc(-c4ccc(CCCCCCCCCC)c(F)c4F)cc3)cc2F)OC1. The molecule has 1 aliphatic rings. The summed E-state index contributed by atoms with van der Waals surface area (Å²) in [7, 11) is 0. The Hall–Kier alpha value is -2.89. The molecule has 1 fully saturated rings. The highest BCUT2D eigenvalue weighted by atomic mass is 19.2. The number of unbranched alkanes of at least 4 members (excludes halogenated alkanes) is 7. The Morgan fingerprint density at radius 1 is 0.786 bits per heavy atom. The molecule has 0 aromatic heterocycles. The van der Waals surface area contributed by atoms with Crippen LogP contribution < -0.4 is 0 Å². The number of hydrogen-bond acceptors (Lipinski definition) is 2. The van der Waals surface area contributed by atoms with Gasteiger partial charge in [-0.25, -0.2) is 13.2 Å². The van der Waals surface area contributed by atoms with E-state index >= 15 is 8.78 Å². The van der Waals surface area contributed by atoms with E-state index in [-0.39, 0.29) is 23.6 Å². The average molecular weight is 579 g/mol. The fourth-order valence-electron chi connectivity index (χ4n) is 5.66. The first-order chi connectivity index (χ1) is 20.5. The maximum atomic E-state index is 15.1. The third kappa shape index (κ3) is 8.81. The molecule has 2 unspecified atom stereocenters. The molecule has 0 aliphatic carbocycles. The van der Waals surface area contributed by atoms with E-state index in [0.29, 0.717) is 42.7 Å². The molecule has 0 amide bonds. The predicted octanol–water partition coefficient (Wildman–Crippen LogP) is 10.9. The summed E-state index contributed by atoms with van der Waals surface area (Å²) in [6.45, 7) is 5.17. The van der Waals surface area contributed by atoms with E-state index in [2.05, 4.69) is 6.92 Å². The van der Waals surface area contributed by atoms with Crippen molar-refractivity contribution in [1.29, 1.82) is 0 Å². The van der Waals surface area contributed by atoms with Gasteiger partial charge in [0.1, 0.15) is 5.82 Å². The molecule has 0 radical (unpaired) electrons. The van der Waals surface area contributed by atoms with Gasteiger partial charge in [-0.3, -0.25) is 0 Å². The molecule has 1 aliphatic heterocycles. The van der Waals surface area contributed by atoms with Gasteiger partial charge in [0.05, 0.1) is 25.4 Å². The Morgan fingerprint density at radius 3 is 2.14 bits per heavy atom. The minimum absolute atomic E-state index is 0.0303. The van der Waals surface area contributed by atoms with Crippen LogP contribution >= 0.6 is 0 Å². The van der Waals surface area contributed by atoms with Crippen LogP contribution in [0.2, 0.25) is 0 Å². The second-order valence-corrected chi connectivity index (χ2v) is 11.4. The van der Waals surface area contributed by atoms with Crippen molar-refractivity contribution in [2.45, 2.75) is 96.7 Å². The maximum Gasteiger partial charge on any atom is 0.166 e. The first kappa shape index (κ1) is 32.0. The van der Waals surface area contributed by atoms with E-state index < -0.39 is 11.6 Å². The van der Waals surface area contributed by atoms with Crippen LogP contribution in [0.25, 0.3) is 22.3 Å². The number of ether oxygens (including phenoxy) is 2. The Morgan fingerprint density at radius 2 is 1.48 bits per heavy atom. The number of aryl methyl sites for hydroxylation is 1. The van der Waals surface area contributed by atoms with Crippen LogP contribution in [0.3, 0.4) is 0 Å². The first-order valence-electron chi connectivity index (χ1n) is 15.7. The quantitative estimate of drug-likeness (QED) is 0.132. The average Bonchev–Trinajstić information content (AvgIpc) is 3.01. The van der Waals surface area contributed by atoms with Gasteiger partial charge in [0.25, 0.3) is 0 Å². The fourth-order valence-corrected chi connectivity index (χ4v) is 5.66. The van der Waals surface area contributed by atoms with Gasteiger partial charge in [-0.2, -0.15) is 0 Å². The van der Waals surface area contributed by atoms with Crippen molar-refractivity contribution in [2.24, 2.45) is 0 Å². The summed E-state index contributed by atoms with van der Waals surface area (Å²) in [6.07, 6.45) is 15.1. The minimum Gasteiger partial charge on any atom is -0.372 e. The summed E-state index contributed by atoms with van der Waals surface area (Å²) in [5, 5.41) is 0. The fraction of sp³-hybridized carbons (Fsp3) is 0.459. The van der Waals surface area contributed by atoms with Crippen LogP contribution in [-0.4, -0.2) is 19.3 Å². The smallest absolute Gasteiger partial charge is 0.166 e. The van der Waals surface area contributed by atoms with Crippen molar-refractivity contribution < 1.29 is 22.6 Å². The van der Waals surface area contributed by atoms with Gasteiger partial charge in [-0.05, 0) is 60.9 Å². The monoisotopic (exact) mass is 578 g/mol. The number of benzene rings is 3. The molecule has 0 spiro atoms. The number of rotatable bonds is 15. The van der Waals surface area contributed by atoms with Gasteiger partial charge in [0.2, 0.25) is 0 Å². The molecule has 226 valence electrons. The van der Waals surface area contributed by atoms with Crippen molar-refractivity contribution in [2.75, 3.05) is 13.2 Å². The van der Waals surface area contributed by atoms with E-state index in [1.807, 2.05) is 37.3 Å². The van der Waals surface area contributed by atoms with Crippen molar-refractivity contribution >= 4 is 0 Å².